The number of esters is 1. The molecule has 0 spiro atoms. The second kappa shape index (κ2) is 13.8. The van der Waals surface area contributed by atoms with Crippen molar-refractivity contribution < 1.29 is 22.5 Å². The third-order valence-corrected chi connectivity index (χ3v) is 6.60. The molecule has 2 rings (SSSR count). The number of aliphatic imine (C=N–C) groups is 1. The van der Waals surface area contributed by atoms with Crippen molar-refractivity contribution in [3.63, 3.8) is 0 Å². The van der Waals surface area contributed by atoms with E-state index in [1.807, 2.05) is 0 Å². The fourth-order valence-electron chi connectivity index (χ4n) is 3.15. The minimum Gasteiger partial charge on any atom is -0.469 e. The molecule has 0 radical (unpaired) electrons. The first-order valence-electron chi connectivity index (χ1n) is 9.85. The van der Waals surface area contributed by atoms with Crippen LogP contribution >= 0.6 is 24.0 Å². The van der Waals surface area contributed by atoms with Gasteiger partial charge in [0.2, 0.25) is 10.0 Å². The quantitative estimate of drug-likeness (QED) is 0.151. The van der Waals surface area contributed by atoms with Crippen LogP contribution in [-0.2, 0) is 25.3 Å². The highest BCUT2D eigenvalue weighted by molar-refractivity contribution is 14.0. The van der Waals surface area contributed by atoms with E-state index in [0.29, 0.717) is 38.3 Å². The number of hydrogen-bond donors (Lipinski definition) is 1. The summed E-state index contributed by atoms with van der Waals surface area (Å²) in [6, 6.07) is 1.56. The molecule has 0 amide bonds. The van der Waals surface area contributed by atoms with Crippen LogP contribution in [-0.4, -0.2) is 81.6 Å². The van der Waals surface area contributed by atoms with Gasteiger partial charge >= 0.3 is 5.97 Å². The summed E-state index contributed by atoms with van der Waals surface area (Å²) < 4.78 is 35.8. The van der Waals surface area contributed by atoms with Gasteiger partial charge in [-0.25, -0.2) is 8.42 Å². The Morgan fingerprint density at radius 2 is 1.93 bits per heavy atom. The molecule has 12 heteroatoms. The molecule has 1 N–H and O–H groups in total. The van der Waals surface area contributed by atoms with E-state index < -0.39 is 10.0 Å². The Morgan fingerprint density at radius 1 is 1.23 bits per heavy atom. The summed E-state index contributed by atoms with van der Waals surface area (Å²) in [7, 11) is -0.274. The van der Waals surface area contributed by atoms with Crippen LogP contribution in [0.5, 0.6) is 0 Å². The summed E-state index contributed by atoms with van der Waals surface area (Å²) in [5.74, 6) is 0.478. The average Bonchev–Trinajstić information content (AvgIpc) is 3.22. The van der Waals surface area contributed by atoms with Crippen LogP contribution in [0.25, 0.3) is 0 Å². The van der Waals surface area contributed by atoms with E-state index >= 15 is 0 Å². The standard InChI is InChI=1S/C18H31N5O5S.HI/c1-19-18(20-9-6-4-3-5-7-17(24)27-2)22-10-12-23(13-11-22)29(25,26)15-16-8-14-28-21-16;/h8,14H,3-7,9-13,15H2,1-2H3,(H,19,20);1H. The molecule has 10 nitrogen and oxygen atoms in total. The van der Waals surface area contributed by atoms with E-state index in [2.05, 4.69) is 25.1 Å². The van der Waals surface area contributed by atoms with E-state index in [9.17, 15) is 13.2 Å². The predicted octanol–water partition coefficient (Wildman–Crippen LogP) is 1.44. The number of nitrogens with zero attached hydrogens (tertiary/aromatic N) is 4. The number of ether oxygens (including phenoxy) is 1. The minimum absolute atomic E-state index is 0. The zero-order valence-corrected chi connectivity index (χ0v) is 20.7. The maximum atomic E-state index is 12.5. The van der Waals surface area contributed by atoms with Gasteiger partial charge in [0.15, 0.2) is 5.96 Å². The fraction of sp³-hybridized carbons (Fsp3) is 0.722. The molecular formula is C18H32IN5O5S. The van der Waals surface area contributed by atoms with Gasteiger partial charge in [0.25, 0.3) is 0 Å². The molecule has 1 aromatic heterocycles. The second-order valence-corrected chi connectivity index (χ2v) is 8.82. The van der Waals surface area contributed by atoms with Crippen molar-refractivity contribution in [2.24, 2.45) is 4.99 Å². The number of carbonyl (C=O) groups excluding carboxylic acids is 1. The molecule has 0 saturated carbocycles. The number of sulfonamides is 1. The smallest absolute Gasteiger partial charge is 0.305 e. The van der Waals surface area contributed by atoms with Crippen LogP contribution in [0, 0.1) is 0 Å². The minimum atomic E-state index is -3.41. The zero-order valence-electron chi connectivity index (χ0n) is 17.6. The number of aromatic nitrogens is 1. The summed E-state index contributed by atoms with van der Waals surface area (Å²) in [6.07, 6.45) is 5.66. The number of guanidine groups is 1. The molecular weight excluding hydrogens is 525 g/mol. The highest BCUT2D eigenvalue weighted by atomic mass is 127. The van der Waals surface area contributed by atoms with Crippen molar-refractivity contribution in [1.82, 2.24) is 19.7 Å². The Hall–Kier alpha value is -1.41. The van der Waals surface area contributed by atoms with Crippen LogP contribution in [0.3, 0.4) is 0 Å². The lowest BCUT2D eigenvalue weighted by atomic mass is 10.1. The number of unbranched alkanes of at least 4 members (excludes halogenated alkanes) is 3. The van der Waals surface area contributed by atoms with Gasteiger partial charge in [0, 0.05) is 52.3 Å². The molecule has 1 aliphatic rings. The Labute approximate surface area is 195 Å². The molecule has 2 heterocycles. The lowest BCUT2D eigenvalue weighted by molar-refractivity contribution is -0.140. The normalized spacial score (nSPS) is 15.5. The van der Waals surface area contributed by atoms with Crippen molar-refractivity contribution in [3.05, 3.63) is 18.0 Å². The predicted molar refractivity (Wildman–Crippen MR) is 124 cm³/mol. The topological polar surface area (TPSA) is 117 Å². The summed E-state index contributed by atoms with van der Waals surface area (Å²) in [5, 5.41) is 7.02. The van der Waals surface area contributed by atoms with Gasteiger partial charge in [-0.05, 0) is 12.8 Å². The van der Waals surface area contributed by atoms with Crippen molar-refractivity contribution in [2.45, 2.75) is 37.9 Å². The summed E-state index contributed by atoms with van der Waals surface area (Å²) in [4.78, 5) is 17.4. The van der Waals surface area contributed by atoms with E-state index in [1.165, 1.54) is 17.7 Å². The monoisotopic (exact) mass is 557 g/mol. The highest BCUT2D eigenvalue weighted by Crippen LogP contribution is 2.13. The molecule has 172 valence electrons. The Bertz CT molecular complexity index is 749. The molecule has 30 heavy (non-hydrogen) atoms. The van der Waals surface area contributed by atoms with Crippen molar-refractivity contribution in [2.75, 3.05) is 46.9 Å². The lowest BCUT2D eigenvalue weighted by Gasteiger charge is -2.35. The Balaban J connectivity index is 0.00000450. The van der Waals surface area contributed by atoms with Crippen molar-refractivity contribution >= 4 is 45.9 Å². The van der Waals surface area contributed by atoms with E-state index in [0.717, 1.165) is 38.2 Å². The van der Waals surface area contributed by atoms with Crippen molar-refractivity contribution in [1.29, 1.82) is 0 Å². The van der Waals surface area contributed by atoms with Crippen LogP contribution in [0.15, 0.2) is 21.8 Å². The first kappa shape index (κ1) is 26.6. The van der Waals surface area contributed by atoms with Crippen LogP contribution in [0.2, 0.25) is 0 Å². The van der Waals surface area contributed by atoms with Crippen LogP contribution < -0.4 is 5.32 Å². The molecule has 1 fully saturated rings. The van der Waals surface area contributed by atoms with E-state index in [-0.39, 0.29) is 35.7 Å². The molecule has 1 aliphatic heterocycles. The van der Waals surface area contributed by atoms with Gasteiger partial charge in [-0.1, -0.05) is 18.0 Å². The van der Waals surface area contributed by atoms with Gasteiger partial charge in [0.05, 0.1) is 12.8 Å². The molecule has 0 aromatic carbocycles. The average molecular weight is 557 g/mol. The zero-order chi connectivity index (χ0) is 21.1. The van der Waals surface area contributed by atoms with E-state index in [1.54, 1.807) is 13.1 Å². The van der Waals surface area contributed by atoms with Crippen LogP contribution in [0.4, 0.5) is 0 Å². The van der Waals surface area contributed by atoms with Gasteiger partial charge in [-0.15, -0.1) is 24.0 Å². The Kier molecular flexibility index (Phi) is 12.3. The number of carbonyl (C=O) groups is 1. The third-order valence-electron chi connectivity index (χ3n) is 4.78. The second-order valence-electron chi connectivity index (χ2n) is 6.85. The van der Waals surface area contributed by atoms with Gasteiger partial charge < -0.3 is 19.5 Å². The van der Waals surface area contributed by atoms with Gasteiger partial charge in [-0.2, -0.15) is 4.31 Å². The highest BCUT2D eigenvalue weighted by Gasteiger charge is 2.28. The largest absolute Gasteiger partial charge is 0.469 e. The summed E-state index contributed by atoms with van der Waals surface area (Å²) >= 11 is 0. The van der Waals surface area contributed by atoms with Crippen LogP contribution in [0.1, 0.15) is 37.8 Å². The molecule has 1 saturated heterocycles. The Morgan fingerprint density at radius 3 is 2.53 bits per heavy atom. The molecule has 1 aromatic rings. The number of halogens is 1. The number of nitrogens with one attached hydrogen (secondary N) is 1. The number of piperazine rings is 1. The lowest BCUT2D eigenvalue weighted by Crippen LogP contribution is -2.54. The van der Waals surface area contributed by atoms with Gasteiger partial charge in [0.1, 0.15) is 12.0 Å². The first-order chi connectivity index (χ1) is 14.0. The molecule has 0 atom stereocenters. The maximum Gasteiger partial charge on any atom is 0.305 e. The molecule has 0 bridgehead atoms. The van der Waals surface area contributed by atoms with Crippen molar-refractivity contribution in [3.8, 4) is 0 Å². The third kappa shape index (κ3) is 8.76. The molecule has 0 aliphatic carbocycles. The number of methoxy groups -OCH3 is 1. The molecule has 0 unspecified atom stereocenters. The number of hydrogen-bond acceptors (Lipinski definition) is 7. The van der Waals surface area contributed by atoms with Gasteiger partial charge in [-0.3, -0.25) is 9.79 Å². The number of rotatable bonds is 10. The first-order valence-corrected chi connectivity index (χ1v) is 11.5. The summed E-state index contributed by atoms with van der Waals surface area (Å²) in [6.45, 7) is 2.77. The summed E-state index contributed by atoms with van der Waals surface area (Å²) in [5.41, 5.74) is 0.413. The van der Waals surface area contributed by atoms with E-state index in [4.69, 9.17) is 4.52 Å². The fourth-order valence-corrected chi connectivity index (χ4v) is 4.58. The SMILES string of the molecule is CN=C(NCCCCCCC(=O)OC)N1CCN(S(=O)(=O)Cc2ccon2)CC1.I. The maximum absolute atomic E-state index is 12.5.